The van der Waals surface area contributed by atoms with Crippen molar-refractivity contribution >= 4 is 39.9 Å². The Labute approximate surface area is 136 Å². The van der Waals surface area contributed by atoms with Gasteiger partial charge in [-0.05, 0) is 40.8 Å². The first kappa shape index (κ1) is 15.9. The van der Waals surface area contributed by atoms with Gasteiger partial charge in [0.2, 0.25) is 0 Å². The van der Waals surface area contributed by atoms with Crippen LogP contribution >= 0.6 is 22.6 Å². The number of nitrogens with zero attached hydrogens (tertiary/aromatic N) is 2. The third kappa shape index (κ3) is 4.01. The summed E-state index contributed by atoms with van der Waals surface area (Å²) in [5, 5.41) is 3.17. The Balaban J connectivity index is 2.39. The molecule has 0 fully saturated rings. The lowest BCUT2D eigenvalue weighted by Gasteiger charge is -2.19. The zero-order chi connectivity index (χ0) is 15.6. The SMILES string of the molecule is CC(C)(C)c1nc(NN)cc(Nc2ccc(F)cc2I)n1. The third-order valence-corrected chi connectivity index (χ3v) is 3.63. The van der Waals surface area contributed by atoms with Crippen LogP contribution in [0.2, 0.25) is 0 Å². The molecule has 21 heavy (non-hydrogen) atoms. The summed E-state index contributed by atoms with van der Waals surface area (Å²) < 4.78 is 13.9. The van der Waals surface area contributed by atoms with E-state index in [4.69, 9.17) is 5.84 Å². The van der Waals surface area contributed by atoms with E-state index in [1.54, 1.807) is 12.1 Å². The Kier molecular flexibility index (Phi) is 4.62. The number of rotatable bonds is 3. The largest absolute Gasteiger partial charge is 0.339 e. The lowest BCUT2D eigenvalue weighted by molar-refractivity contribution is 0.547. The molecule has 1 heterocycles. The van der Waals surface area contributed by atoms with Crippen LogP contribution < -0.4 is 16.6 Å². The summed E-state index contributed by atoms with van der Waals surface area (Å²) in [6.07, 6.45) is 0. The Morgan fingerprint density at radius 1 is 1.14 bits per heavy atom. The zero-order valence-corrected chi connectivity index (χ0v) is 14.2. The van der Waals surface area contributed by atoms with Crippen molar-refractivity contribution in [3.63, 3.8) is 0 Å². The lowest BCUT2D eigenvalue weighted by Crippen LogP contribution is -2.19. The highest BCUT2D eigenvalue weighted by Gasteiger charge is 2.19. The number of benzene rings is 1. The molecule has 0 aliphatic rings. The summed E-state index contributed by atoms with van der Waals surface area (Å²) in [4.78, 5) is 8.85. The van der Waals surface area contributed by atoms with Crippen molar-refractivity contribution in [1.29, 1.82) is 0 Å². The van der Waals surface area contributed by atoms with Crippen LogP contribution in [0, 0.1) is 9.39 Å². The second kappa shape index (κ2) is 6.10. The Bertz CT molecular complexity index is 654. The van der Waals surface area contributed by atoms with Crippen LogP contribution in [-0.2, 0) is 5.41 Å². The van der Waals surface area contributed by atoms with E-state index in [0.717, 1.165) is 9.26 Å². The molecule has 0 unspecified atom stereocenters. The monoisotopic (exact) mass is 401 g/mol. The predicted octanol–water partition coefficient (Wildman–Crippen LogP) is 3.55. The molecule has 1 aromatic heterocycles. The number of nitrogens with one attached hydrogen (secondary N) is 2. The topological polar surface area (TPSA) is 75.9 Å². The zero-order valence-electron chi connectivity index (χ0n) is 12.0. The van der Waals surface area contributed by atoms with Crippen LogP contribution in [-0.4, -0.2) is 9.97 Å². The van der Waals surface area contributed by atoms with Gasteiger partial charge in [0.25, 0.3) is 0 Å². The molecule has 0 aliphatic heterocycles. The fourth-order valence-corrected chi connectivity index (χ4v) is 2.26. The Morgan fingerprint density at radius 2 is 1.81 bits per heavy atom. The molecule has 0 bridgehead atoms. The summed E-state index contributed by atoms with van der Waals surface area (Å²) in [5.74, 6) is 6.98. The summed E-state index contributed by atoms with van der Waals surface area (Å²) in [6, 6.07) is 6.23. The molecule has 0 amide bonds. The molecule has 7 heteroatoms. The van der Waals surface area contributed by atoms with Gasteiger partial charge < -0.3 is 10.7 Å². The molecule has 2 aromatic rings. The quantitative estimate of drug-likeness (QED) is 0.417. The van der Waals surface area contributed by atoms with Gasteiger partial charge in [-0.3, -0.25) is 0 Å². The first-order valence-corrected chi connectivity index (χ1v) is 7.46. The molecule has 0 aliphatic carbocycles. The van der Waals surface area contributed by atoms with Crippen molar-refractivity contribution in [1.82, 2.24) is 9.97 Å². The van der Waals surface area contributed by atoms with Crippen LogP contribution in [0.15, 0.2) is 24.3 Å². The fraction of sp³-hybridized carbons (Fsp3) is 0.286. The molecular formula is C14H17FIN5. The number of hydrazine groups is 1. The second-order valence-electron chi connectivity index (χ2n) is 5.61. The molecule has 2 rings (SSSR count). The van der Waals surface area contributed by atoms with E-state index in [1.165, 1.54) is 12.1 Å². The van der Waals surface area contributed by atoms with Crippen LogP contribution in [0.25, 0.3) is 0 Å². The van der Waals surface area contributed by atoms with Gasteiger partial charge >= 0.3 is 0 Å². The molecule has 112 valence electrons. The van der Waals surface area contributed by atoms with E-state index in [-0.39, 0.29) is 11.2 Å². The number of hydrogen-bond donors (Lipinski definition) is 3. The molecule has 0 saturated heterocycles. The number of anilines is 3. The van der Waals surface area contributed by atoms with Crippen molar-refractivity contribution in [2.75, 3.05) is 10.7 Å². The summed E-state index contributed by atoms with van der Waals surface area (Å²) in [6.45, 7) is 6.07. The second-order valence-corrected chi connectivity index (χ2v) is 6.77. The molecule has 0 atom stereocenters. The first-order chi connectivity index (χ1) is 9.79. The van der Waals surface area contributed by atoms with Gasteiger partial charge in [-0.25, -0.2) is 20.2 Å². The van der Waals surface area contributed by atoms with E-state index < -0.39 is 0 Å². The average molecular weight is 401 g/mol. The van der Waals surface area contributed by atoms with E-state index >= 15 is 0 Å². The van der Waals surface area contributed by atoms with E-state index in [0.29, 0.717) is 17.5 Å². The highest BCUT2D eigenvalue weighted by molar-refractivity contribution is 14.1. The maximum atomic E-state index is 13.1. The molecular weight excluding hydrogens is 384 g/mol. The maximum Gasteiger partial charge on any atom is 0.145 e. The van der Waals surface area contributed by atoms with Crippen molar-refractivity contribution in [3.05, 3.63) is 39.5 Å². The van der Waals surface area contributed by atoms with Gasteiger partial charge in [-0.1, -0.05) is 20.8 Å². The number of hydrogen-bond acceptors (Lipinski definition) is 5. The molecule has 0 saturated carbocycles. The number of nitrogens with two attached hydrogens (primary N) is 1. The third-order valence-electron chi connectivity index (χ3n) is 2.74. The normalized spacial score (nSPS) is 11.3. The van der Waals surface area contributed by atoms with Gasteiger partial charge in [0.05, 0.1) is 5.69 Å². The van der Waals surface area contributed by atoms with E-state index in [2.05, 4.69) is 43.3 Å². The number of aromatic nitrogens is 2. The highest BCUT2D eigenvalue weighted by Crippen LogP contribution is 2.26. The molecule has 4 N–H and O–H groups in total. The average Bonchev–Trinajstić information content (AvgIpc) is 2.40. The number of halogens is 2. The Morgan fingerprint density at radius 3 is 2.38 bits per heavy atom. The molecule has 1 aromatic carbocycles. The summed E-state index contributed by atoms with van der Waals surface area (Å²) >= 11 is 2.07. The van der Waals surface area contributed by atoms with Crippen LogP contribution in [0.1, 0.15) is 26.6 Å². The summed E-state index contributed by atoms with van der Waals surface area (Å²) in [5.41, 5.74) is 3.10. The fourth-order valence-electron chi connectivity index (χ4n) is 1.65. The Hall–Kier alpha value is -1.48. The standard InChI is InChI=1S/C14H17FIN5/c1-14(2,3)13-19-11(7-12(20-13)21-17)18-10-5-4-8(15)6-9(10)16/h4-7H,17H2,1-3H3,(H2,18,19,20,21). The van der Waals surface area contributed by atoms with Crippen LogP contribution in [0.3, 0.4) is 0 Å². The van der Waals surface area contributed by atoms with Gasteiger partial charge in [-0.15, -0.1) is 0 Å². The van der Waals surface area contributed by atoms with Gasteiger partial charge in [0.15, 0.2) is 0 Å². The highest BCUT2D eigenvalue weighted by atomic mass is 127. The van der Waals surface area contributed by atoms with Crippen molar-refractivity contribution in [3.8, 4) is 0 Å². The van der Waals surface area contributed by atoms with Crippen LogP contribution in [0.4, 0.5) is 21.7 Å². The maximum absolute atomic E-state index is 13.1. The lowest BCUT2D eigenvalue weighted by atomic mass is 9.96. The van der Waals surface area contributed by atoms with Crippen molar-refractivity contribution < 1.29 is 4.39 Å². The molecule has 0 spiro atoms. The van der Waals surface area contributed by atoms with E-state index in [9.17, 15) is 4.39 Å². The predicted molar refractivity (Wildman–Crippen MR) is 90.9 cm³/mol. The van der Waals surface area contributed by atoms with Gasteiger partial charge in [0.1, 0.15) is 23.3 Å². The molecule has 5 nitrogen and oxygen atoms in total. The minimum Gasteiger partial charge on any atom is -0.339 e. The van der Waals surface area contributed by atoms with Gasteiger partial charge in [0, 0.05) is 15.1 Å². The minimum atomic E-state index is -0.271. The number of nitrogen functional groups attached to an aromatic ring is 1. The van der Waals surface area contributed by atoms with E-state index in [1.807, 2.05) is 20.8 Å². The van der Waals surface area contributed by atoms with Crippen molar-refractivity contribution in [2.24, 2.45) is 5.84 Å². The smallest absolute Gasteiger partial charge is 0.145 e. The summed E-state index contributed by atoms with van der Waals surface area (Å²) in [7, 11) is 0. The molecule has 0 radical (unpaired) electrons. The first-order valence-electron chi connectivity index (χ1n) is 6.38. The van der Waals surface area contributed by atoms with Crippen LogP contribution in [0.5, 0.6) is 0 Å². The minimum absolute atomic E-state index is 0.209. The van der Waals surface area contributed by atoms with Gasteiger partial charge in [-0.2, -0.15) is 0 Å². The van der Waals surface area contributed by atoms with Crippen molar-refractivity contribution in [2.45, 2.75) is 26.2 Å².